The number of benzene rings is 2. The van der Waals surface area contributed by atoms with Gasteiger partial charge < -0.3 is 5.32 Å². The summed E-state index contributed by atoms with van der Waals surface area (Å²) in [6.07, 6.45) is 0. The van der Waals surface area contributed by atoms with E-state index in [9.17, 15) is 4.39 Å². The highest BCUT2D eigenvalue weighted by Gasteiger charge is 2.13. The van der Waals surface area contributed by atoms with Crippen LogP contribution in [0.25, 0.3) is 0 Å². The van der Waals surface area contributed by atoms with Crippen molar-refractivity contribution in [2.75, 3.05) is 7.05 Å². The smallest absolute Gasteiger partial charge is 0.137 e. The molecule has 20 heavy (non-hydrogen) atoms. The molecule has 0 heterocycles. The SMILES string of the molecule is CNC(C)c1cccc(F)c1SCc1ccccc1C. The van der Waals surface area contributed by atoms with Crippen molar-refractivity contribution in [2.45, 2.75) is 30.5 Å². The first-order valence-corrected chi connectivity index (χ1v) is 7.75. The lowest BCUT2D eigenvalue weighted by atomic mass is 10.1. The Hall–Kier alpha value is -1.32. The van der Waals surface area contributed by atoms with Gasteiger partial charge in [0.2, 0.25) is 0 Å². The molecule has 2 aromatic carbocycles. The highest BCUT2D eigenvalue weighted by atomic mass is 32.2. The Balaban J connectivity index is 2.23. The summed E-state index contributed by atoms with van der Waals surface area (Å²) in [5, 5.41) is 3.18. The number of hydrogen-bond acceptors (Lipinski definition) is 2. The van der Waals surface area contributed by atoms with Gasteiger partial charge in [-0.05, 0) is 43.7 Å². The Bertz CT molecular complexity index is 583. The van der Waals surface area contributed by atoms with E-state index in [1.807, 2.05) is 32.2 Å². The minimum Gasteiger partial charge on any atom is -0.313 e. The molecule has 0 saturated carbocycles. The average molecular weight is 289 g/mol. The molecular formula is C17H20FNS. The highest BCUT2D eigenvalue weighted by Crippen LogP contribution is 2.32. The molecular weight excluding hydrogens is 269 g/mol. The van der Waals surface area contributed by atoms with Gasteiger partial charge in [-0.3, -0.25) is 0 Å². The number of hydrogen-bond donors (Lipinski definition) is 1. The van der Waals surface area contributed by atoms with Gasteiger partial charge >= 0.3 is 0 Å². The summed E-state index contributed by atoms with van der Waals surface area (Å²) < 4.78 is 14.1. The van der Waals surface area contributed by atoms with Gasteiger partial charge in [0.1, 0.15) is 5.82 Å². The van der Waals surface area contributed by atoms with Gasteiger partial charge in [-0.2, -0.15) is 0 Å². The van der Waals surface area contributed by atoms with Gasteiger partial charge in [0.25, 0.3) is 0 Å². The van der Waals surface area contributed by atoms with Crippen molar-refractivity contribution in [3.63, 3.8) is 0 Å². The van der Waals surface area contributed by atoms with Gasteiger partial charge in [0, 0.05) is 16.7 Å². The van der Waals surface area contributed by atoms with Crippen LogP contribution in [0.5, 0.6) is 0 Å². The molecule has 0 aromatic heterocycles. The molecule has 1 unspecified atom stereocenters. The molecule has 1 atom stereocenters. The lowest BCUT2D eigenvalue weighted by Gasteiger charge is -2.16. The summed E-state index contributed by atoms with van der Waals surface area (Å²) in [4.78, 5) is 0.748. The van der Waals surface area contributed by atoms with E-state index in [2.05, 4.69) is 24.4 Å². The number of nitrogens with one attached hydrogen (secondary N) is 1. The largest absolute Gasteiger partial charge is 0.313 e. The average Bonchev–Trinajstić information content (AvgIpc) is 2.46. The van der Waals surface area contributed by atoms with Crippen LogP contribution in [0, 0.1) is 12.7 Å². The van der Waals surface area contributed by atoms with E-state index in [0.717, 1.165) is 16.2 Å². The normalized spacial score (nSPS) is 12.4. The van der Waals surface area contributed by atoms with E-state index < -0.39 is 0 Å². The molecule has 0 radical (unpaired) electrons. The van der Waals surface area contributed by atoms with E-state index >= 15 is 0 Å². The lowest BCUT2D eigenvalue weighted by molar-refractivity contribution is 0.576. The van der Waals surface area contributed by atoms with Crippen molar-refractivity contribution in [3.05, 3.63) is 65.0 Å². The van der Waals surface area contributed by atoms with Crippen molar-refractivity contribution < 1.29 is 4.39 Å². The van der Waals surface area contributed by atoms with Crippen LogP contribution in [0.1, 0.15) is 29.7 Å². The van der Waals surface area contributed by atoms with Crippen molar-refractivity contribution >= 4 is 11.8 Å². The fraction of sp³-hybridized carbons (Fsp3) is 0.294. The molecule has 1 nitrogen and oxygen atoms in total. The summed E-state index contributed by atoms with van der Waals surface area (Å²) in [6, 6.07) is 13.7. The quantitative estimate of drug-likeness (QED) is 0.800. The van der Waals surface area contributed by atoms with Crippen molar-refractivity contribution in [1.82, 2.24) is 5.32 Å². The Morgan fingerprint density at radius 1 is 1.15 bits per heavy atom. The van der Waals surface area contributed by atoms with Crippen LogP contribution in [-0.2, 0) is 5.75 Å². The fourth-order valence-electron chi connectivity index (χ4n) is 2.10. The molecule has 0 saturated heterocycles. The fourth-order valence-corrected chi connectivity index (χ4v) is 3.34. The predicted molar refractivity (Wildman–Crippen MR) is 84.6 cm³/mol. The molecule has 3 heteroatoms. The number of halogens is 1. The van der Waals surface area contributed by atoms with E-state index in [-0.39, 0.29) is 11.9 Å². The zero-order valence-electron chi connectivity index (χ0n) is 12.1. The molecule has 0 aliphatic rings. The standard InChI is InChI=1S/C17H20FNS/c1-12-7-4-5-8-14(12)11-20-17-15(13(2)19-3)9-6-10-16(17)18/h4-10,13,19H,11H2,1-3H3. The topological polar surface area (TPSA) is 12.0 Å². The van der Waals surface area contributed by atoms with Crippen LogP contribution in [0.3, 0.4) is 0 Å². The molecule has 0 amide bonds. The number of aryl methyl sites for hydroxylation is 1. The summed E-state index contributed by atoms with van der Waals surface area (Å²) in [5.41, 5.74) is 3.52. The Kier molecular flexibility index (Phi) is 5.21. The van der Waals surface area contributed by atoms with E-state index in [1.165, 1.54) is 17.2 Å². The maximum atomic E-state index is 14.1. The maximum absolute atomic E-state index is 14.1. The van der Waals surface area contributed by atoms with Crippen molar-refractivity contribution in [2.24, 2.45) is 0 Å². The summed E-state index contributed by atoms with van der Waals surface area (Å²) in [5.74, 6) is 0.653. The minimum absolute atomic E-state index is 0.136. The predicted octanol–water partition coefficient (Wildman–Crippen LogP) is 4.71. The molecule has 1 N–H and O–H groups in total. The van der Waals surface area contributed by atoms with Crippen molar-refractivity contribution in [3.8, 4) is 0 Å². The van der Waals surface area contributed by atoms with E-state index in [0.29, 0.717) is 0 Å². The van der Waals surface area contributed by atoms with Gasteiger partial charge in [-0.1, -0.05) is 36.4 Å². The first kappa shape index (κ1) is 15.1. The number of thioether (sulfide) groups is 1. The molecule has 0 aliphatic carbocycles. The second-order valence-corrected chi connectivity index (χ2v) is 5.87. The second-order valence-electron chi connectivity index (χ2n) is 4.88. The van der Waals surface area contributed by atoms with Crippen LogP contribution in [0.15, 0.2) is 47.4 Å². The van der Waals surface area contributed by atoms with Crippen LogP contribution >= 0.6 is 11.8 Å². The van der Waals surface area contributed by atoms with Crippen LogP contribution in [-0.4, -0.2) is 7.05 Å². The Morgan fingerprint density at radius 2 is 1.90 bits per heavy atom. The van der Waals surface area contributed by atoms with Crippen LogP contribution in [0.2, 0.25) is 0 Å². The third-order valence-corrected chi connectivity index (χ3v) is 4.70. The Morgan fingerprint density at radius 3 is 2.60 bits per heavy atom. The molecule has 0 spiro atoms. The minimum atomic E-state index is -0.136. The molecule has 2 rings (SSSR count). The van der Waals surface area contributed by atoms with Gasteiger partial charge in [0.05, 0.1) is 0 Å². The van der Waals surface area contributed by atoms with Crippen molar-refractivity contribution in [1.29, 1.82) is 0 Å². The Labute approximate surface area is 124 Å². The third kappa shape index (κ3) is 3.41. The molecule has 0 bridgehead atoms. The lowest BCUT2D eigenvalue weighted by Crippen LogP contribution is -2.13. The van der Waals surface area contributed by atoms with Gasteiger partial charge in [-0.25, -0.2) is 4.39 Å². The second kappa shape index (κ2) is 6.91. The zero-order valence-corrected chi connectivity index (χ0v) is 12.9. The first-order chi connectivity index (χ1) is 9.63. The third-order valence-electron chi connectivity index (χ3n) is 3.53. The maximum Gasteiger partial charge on any atom is 0.137 e. The monoisotopic (exact) mass is 289 g/mol. The molecule has 106 valence electrons. The first-order valence-electron chi connectivity index (χ1n) is 6.76. The number of rotatable bonds is 5. The molecule has 0 fully saturated rings. The zero-order chi connectivity index (χ0) is 14.5. The highest BCUT2D eigenvalue weighted by molar-refractivity contribution is 7.98. The summed E-state index contributed by atoms with van der Waals surface area (Å²) >= 11 is 1.57. The van der Waals surface area contributed by atoms with Gasteiger partial charge in [-0.15, -0.1) is 11.8 Å². The summed E-state index contributed by atoms with van der Waals surface area (Å²) in [7, 11) is 1.89. The molecule has 0 aliphatic heterocycles. The molecule has 2 aromatic rings. The van der Waals surface area contributed by atoms with Crippen LogP contribution in [0.4, 0.5) is 4.39 Å². The van der Waals surface area contributed by atoms with Crippen LogP contribution < -0.4 is 5.32 Å². The van der Waals surface area contributed by atoms with E-state index in [1.54, 1.807) is 17.8 Å². The van der Waals surface area contributed by atoms with E-state index in [4.69, 9.17) is 0 Å². The summed E-state index contributed by atoms with van der Waals surface area (Å²) in [6.45, 7) is 4.14. The van der Waals surface area contributed by atoms with Gasteiger partial charge in [0.15, 0.2) is 0 Å².